The molecule has 1 heterocycles. The van der Waals surface area contributed by atoms with Crippen molar-refractivity contribution < 1.29 is 9.90 Å². The summed E-state index contributed by atoms with van der Waals surface area (Å²) in [6.45, 7) is 1.26. The second-order valence-corrected chi connectivity index (χ2v) is 5.76. The summed E-state index contributed by atoms with van der Waals surface area (Å²) in [6, 6.07) is 0.341. The first-order chi connectivity index (χ1) is 8.79. The molecule has 0 aromatic rings. The lowest BCUT2D eigenvalue weighted by Gasteiger charge is -2.29. The van der Waals surface area contributed by atoms with Crippen LogP contribution >= 0.6 is 0 Å². The summed E-state index contributed by atoms with van der Waals surface area (Å²) in [4.78, 5) is 12.1. The van der Waals surface area contributed by atoms with Crippen molar-refractivity contribution in [2.24, 2.45) is 5.92 Å². The smallest absolute Gasteiger partial charge is 0.237 e. The first-order valence-electron chi connectivity index (χ1n) is 7.44. The number of carbonyl (C=O) groups is 1. The second-order valence-electron chi connectivity index (χ2n) is 5.76. The average Bonchev–Trinajstić information content (AvgIpc) is 2.68. The topological polar surface area (TPSA) is 61.4 Å². The van der Waals surface area contributed by atoms with Gasteiger partial charge in [-0.1, -0.05) is 12.8 Å². The molecule has 0 spiro atoms. The fourth-order valence-corrected chi connectivity index (χ4v) is 3.04. The van der Waals surface area contributed by atoms with E-state index in [4.69, 9.17) is 5.11 Å². The monoisotopic (exact) mass is 254 g/mol. The number of hydrogen-bond acceptors (Lipinski definition) is 3. The van der Waals surface area contributed by atoms with Crippen molar-refractivity contribution in [1.82, 2.24) is 10.6 Å². The Labute approximate surface area is 110 Å². The average molecular weight is 254 g/mol. The Balaban J connectivity index is 1.73. The molecule has 1 aliphatic carbocycles. The summed E-state index contributed by atoms with van der Waals surface area (Å²) < 4.78 is 0. The van der Waals surface area contributed by atoms with Gasteiger partial charge in [0.05, 0.1) is 6.04 Å². The van der Waals surface area contributed by atoms with E-state index in [1.54, 1.807) is 0 Å². The van der Waals surface area contributed by atoms with Crippen LogP contribution in [0.2, 0.25) is 0 Å². The lowest BCUT2D eigenvalue weighted by molar-refractivity contribution is -0.124. The molecule has 4 nitrogen and oxygen atoms in total. The zero-order valence-corrected chi connectivity index (χ0v) is 11.2. The summed E-state index contributed by atoms with van der Waals surface area (Å²) >= 11 is 0. The fourth-order valence-electron chi connectivity index (χ4n) is 3.04. The summed E-state index contributed by atoms with van der Waals surface area (Å²) in [5.74, 6) is 0.638. The lowest BCUT2D eigenvalue weighted by Crippen LogP contribution is -2.48. The van der Waals surface area contributed by atoms with E-state index in [1.807, 2.05) is 0 Å². The van der Waals surface area contributed by atoms with Gasteiger partial charge in [0.25, 0.3) is 0 Å². The van der Waals surface area contributed by atoms with Gasteiger partial charge in [0.2, 0.25) is 5.91 Å². The van der Waals surface area contributed by atoms with Crippen molar-refractivity contribution in [1.29, 1.82) is 0 Å². The standard InChI is InChI=1S/C14H26N2O2/c17-10-11-5-7-12(8-6-11)16-14(18)13-4-2-1-3-9-15-13/h11-13,15,17H,1-10H2,(H,16,18). The van der Waals surface area contributed by atoms with Crippen molar-refractivity contribution in [3.63, 3.8) is 0 Å². The highest BCUT2D eigenvalue weighted by molar-refractivity contribution is 5.82. The Kier molecular flexibility index (Phi) is 5.45. The zero-order valence-electron chi connectivity index (χ0n) is 11.2. The third kappa shape index (κ3) is 3.95. The van der Waals surface area contributed by atoms with Gasteiger partial charge in [-0.25, -0.2) is 0 Å². The molecule has 3 N–H and O–H groups in total. The Morgan fingerprint density at radius 3 is 2.61 bits per heavy atom. The van der Waals surface area contributed by atoms with E-state index in [0.29, 0.717) is 18.6 Å². The van der Waals surface area contributed by atoms with E-state index in [-0.39, 0.29) is 11.9 Å². The minimum atomic E-state index is 0.0167. The van der Waals surface area contributed by atoms with Gasteiger partial charge >= 0.3 is 0 Å². The van der Waals surface area contributed by atoms with Gasteiger partial charge in [-0.15, -0.1) is 0 Å². The molecule has 1 saturated heterocycles. The van der Waals surface area contributed by atoms with Crippen LogP contribution in [0.4, 0.5) is 0 Å². The molecule has 2 rings (SSSR count). The minimum absolute atomic E-state index is 0.0167. The van der Waals surface area contributed by atoms with Crippen LogP contribution in [0.25, 0.3) is 0 Å². The van der Waals surface area contributed by atoms with Gasteiger partial charge in [-0.05, 0) is 51.0 Å². The molecular weight excluding hydrogens is 228 g/mol. The molecule has 1 atom stereocenters. The van der Waals surface area contributed by atoms with E-state index in [0.717, 1.165) is 45.1 Å². The molecule has 18 heavy (non-hydrogen) atoms. The van der Waals surface area contributed by atoms with E-state index in [2.05, 4.69) is 10.6 Å². The third-order valence-corrected chi connectivity index (χ3v) is 4.33. The number of rotatable bonds is 3. The molecule has 2 aliphatic rings. The molecule has 0 aromatic carbocycles. The largest absolute Gasteiger partial charge is 0.396 e. The Morgan fingerprint density at radius 1 is 1.11 bits per heavy atom. The molecule has 2 fully saturated rings. The molecule has 104 valence electrons. The van der Waals surface area contributed by atoms with Crippen molar-refractivity contribution in [2.75, 3.05) is 13.2 Å². The predicted octanol–water partition coefficient (Wildman–Crippen LogP) is 1.19. The second kappa shape index (κ2) is 7.10. The minimum Gasteiger partial charge on any atom is -0.396 e. The predicted molar refractivity (Wildman–Crippen MR) is 71.2 cm³/mol. The van der Waals surface area contributed by atoms with Crippen molar-refractivity contribution in [3.05, 3.63) is 0 Å². The maximum absolute atomic E-state index is 12.1. The van der Waals surface area contributed by atoms with E-state index < -0.39 is 0 Å². The van der Waals surface area contributed by atoms with Crippen molar-refractivity contribution in [3.8, 4) is 0 Å². The normalized spacial score (nSPS) is 33.7. The van der Waals surface area contributed by atoms with Crippen LogP contribution in [-0.4, -0.2) is 36.2 Å². The van der Waals surface area contributed by atoms with Gasteiger partial charge in [-0.2, -0.15) is 0 Å². The van der Waals surface area contributed by atoms with Gasteiger partial charge in [0.15, 0.2) is 0 Å². The van der Waals surface area contributed by atoms with Crippen LogP contribution in [0, 0.1) is 5.92 Å². The number of nitrogens with one attached hydrogen (secondary N) is 2. The molecule has 0 aromatic heterocycles. The Hall–Kier alpha value is -0.610. The summed E-state index contributed by atoms with van der Waals surface area (Å²) in [5.41, 5.74) is 0. The Bertz CT molecular complexity index is 255. The van der Waals surface area contributed by atoms with Crippen molar-refractivity contribution in [2.45, 2.75) is 63.5 Å². The first kappa shape index (κ1) is 13.8. The fraction of sp³-hybridized carbons (Fsp3) is 0.929. The molecule has 1 saturated carbocycles. The molecule has 1 aliphatic heterocycles. The van der Waals surface area contributed by atoms with E-state index in [9.17, 15) is 4.79 Å². The highest BCUT2D eigenvalue weighted by atomic mass is 16.3. The Morgan fingerprint density at radius 2 is 1.89 bits per heavy atom. The van der Waals surface area contributed by atoms with Crippen LogP contribution in [0.3, 0.4) is 0 Å². The summed E-state index contributed by atoms with van der Waals surface area (Å²) in [5, 5.41) is 15.6. The lowest BCUT2D eigenvalue weighted by atomic mass is 9.86. The van der Waals surface area contributed by atoms with Crippen LogP contribution in [0.5, 0.6) is 0 Å². The highest BCUT2D eigenvalue weighted by Crippen LogP contribution is 2.23. The first-order valence-corrected chi connectivity index (χ1v) is 7.44. The van der Waals surface area contributed by atoms with Gasteiger partial charge in [-0.3, -0.25) is 4.79 Å². The van der Waals surface area contributed by atoms with E-state index in [1.165, 1.54) is 12.8 Å². The molecule has 1 unspecified atom stereocenters. The number of aliphatic hydroxyl groups is 1. The maximum Gasteiger partial charge on any atom is 0.237 e. The number of aliphatic hydroxyl groups excluding tert-OH is 1. The summed E-state index contributed by atoms with van der Waals surface area (Å²) in [7, 11) is 0. The van der Waals surface area contributed by atoms with Gasteiger partial charge in [0.1, 0.15) is 0 Å². The third-order valence-electron chi connectivity index (χ3n) is 4.33. The number of amides is 1. The number of carbonyl (C=O) groups excluding carboxylic acids is 1. The molecular formula is C14H26N2O2. The van der Waals surface area contributed by atoms with Gasteiger partial charge in [0, 0.05) is 12.6 Å². The van der Waals surface area contributed by atoms with Crippen LogP contribution in [0.1, 0.15) is 51.4 Å². The highest BCUT2D eigenvalue weighted by Gasteiger charge is 2.25. The SMILES string of the molecule is O=C(NC1CCC(CO)CC1)C1CCCCCN1. The van der Waals surface area contributed by atoms with Crippen molar-refractivity contribution >= 4 is 5.91 Å². The molecule has 1 amide bonds. The van der Waals surface area contributed by atoms with E-state index >= 15 is 0 Å². The van der Waals surface area contributed by atoms with Gasteiger partial charge < -0.3 is 15.7 Å². The quantitative estimate of drug-likeness (QED) is 0.709. The summed E-state index contributed by atoms with van der Waals surface area (Å²) in [6.07, 6.45) is 8.66. The molecule has 4 heteroatoms. The van der Waals surface area contributed by atoms with Crippen LogP contribution < -0.4 is 10.6 Å². The van der Waals surface area contributed by atoms with Crippen LogP contribution in [0.15, 0.2) is 0 Å². The zero-order chi connectivity index (χ0) is 12.8. The molecule has 0 bridgehead atoms. The maximum atomic E-state index is 12.1. The van der Waals surface area contributed by atoms with Crippen LogP contribution in [-0.2, 0) is 4.79 Å². The molecule has 0 radical (unpaired) electrons. The number of hydrogen-bond donors (Lipinski definition) is 3.